The van der Waals surface area contributed by atoms with Crippen LogP contribution in [0.2, 0.25) is 0 Å². The summed E-state index contributed by atoms with van der Waals surface area (Å²) in [4.78, 5) is 24.7. The lowest BCUT2D eigenvalue weighted by molar-refractivity contribution is -0.139. The summed E-state index contributed by atoms with van der Waals surface area (Å²) in [6.07, 6.45) is 2.17. The van der Waals surface area contributed by atoms with E-state index in [4.69, 9.17) is 0 Å². The van der Waals surface area contributed by atoms with Crippen molar-refractivity contribution in [2.75, 3.05) is 13.6 Å². The van der Waals surface area contributed by atoms with Crippen LogP contribution < -0.4 is 5.32 Å². The summed E-state index contributed by atoms with van der Waals surface area (Å²) in [7, 11) is 1.67. The van der Waals surface area contributed by atoms with Gasteiger partial charge in [-0.15, -0.1) is 0 Å². The highest BCUT2D eigenvalue weighted by molar-refractivity contribution is 5.82. The van der Waals surface area contributed by atoms with Crippen LogP contribution in [0.4, 0.5) is 4.79 Å². The Balaban J connectivity index is 2.59. The minimum Gasteiger partial charge on any atom is -0.480 e. The third kappa shape index (κ3) is 5.30. The van der Waals surface area contributed by atoms with Crippen molar-refractivity contribution in [2.24, 2.45) is 0 Å². The van der Waals surface area contributed by atoms with Gasteiger partial charge in [-0.3, -0.25) is 0 Å². The van der Waals surface area contributed by atoms with Crippen molar-refractivity contribution in [3.8, 4) is 0 Å². The number of carboxylic acid groups (broad SMARTS) is 1. The molecule has 0 aromatic heterocycles. The first-order chi connectivity index (χ1) is 9.54. The molecule has 5 heteroatoms. The summed E-state index contributed by atoms with van der Waals surface area (Å²) in [5.74, 6) is -1.02. The van der Waals surface area contributed by atoms with E-state index in [0.717, 1.165) is 18.4 Å². The SMILES string of the molecule is CCCCN(C)C(=O)NC(Cc1ccccc1)C(=O)O. The minimum atomic E-state index is -1.02. The zero-order valence-electron chi connectivity index (χ0n) is 12.0. The van der Waals surface area contributed by atoms with E-state index in [-0.39, 0.29) is 12.5 Å². The van der Waals surface area contributed by atoms with Gasteiger partial charge in [0.1, 0.15) is 6.04 Å². The monoisotopic (exact) mass is 278 g/mol. The number of urea groups is 1. The van der Waals surface area contributed by atoms with Gasteiger partial charge < -0.3 is 15.3 Å². The van der Waals surface area contributed by atoms with Gasteiger partial charge in [0.2, 0.25) is 0 Å². The van der Waals surface area contributed by atoms with Crippen LogP contribution in [0.25, 0.3) is 0 Å². The summed E-state index contributed by atoms with van der Waals surface area (Å²) in [6.45, 7) is 2.67. The summed E-state index contributed by atoms with van der Waals surface area (Å²) in [5, 5.41) is 11.8. The highest BCUT2D eigenvalue weighted by Gasteiger charge is 2.21. The van der Waals surface area contributed by atoms with E-state index in [1.54, 1.807) is 7.05 Å². The Morgan fingerprint density at radius 3 is 2.50 bits per heavy atom. The molecular weight excluding hydrogens is 256 g/mol. The average molecular weight is 278 g/mol. The van der Waals surface area contributed by atoms with Gasteiger partial charge in [0.25, 0.3) is 0 Å². The molecule has 20 heavy (non-hydrogen) atoms. The Morgan fingerprint density at radius 1 is 1.30 bits per heavy atom. The molecule has 1 aromatic rings. The number of nitrogens with zero attached hydrogens (tertiary/aromatic N) is 1. The maximum atomic E-state index is 11.9. The lowest BCUT2D eigenvalue weighted by Gasteiger charge is -2.21. The summed E-state index contributed by atoms with van der Waals surface area (Å²) in [6, 6.07) is 8.02. The largest absolute Gasteiger partial charge is 0.480 e. The third-order valence-corrected chi connectivity index (χ3v) is 3.07. The van der Waals surface area contributed by atoms with Crippen LogP contribution in [-0.2, 0) is 11.2 Å². The van der Waals surface area contributed by atoms with Crippen molar-refractivity contribution in [3.63, 3.8) is 0 Å². The quantitative estimate of drug-likeness (QED) is 0.802. The summed E-state index contributed by atoms with van der Waals surface area (Å²) >= 11 is 0. The van der Waals surface area contributed by atoms with Crippen LogP contribution in [0.3, 0.4) is 0 Å². The smallest absolute Gasteiger partial charge is 0.326 e. The van der Waals surface area contributed by atoms with Crippen LogP contribution >= 0.6 is 0 Å². The standard InChI is InChI=1S/C15H22N2O3/c1-3-4-10-17(2)15(20)16-13(14(18)19)11-12-8-6-5-7-9-12/h5-9,13H,3-4,10-11H2,1-2H3,(H,16,20)(H,18,19). The molecule has 0 spiro atoms. The van der Waals surface area contributed by atoms with Gasteiger partial charge in [-0.1, -0.05) is 43.7 Å². The molecule has 0 fully saturated rings. The molecule has 0 radical (unpaired) electrons. The van der Waals surface area contributed by atoms with Crippen LogP contribution in [0.5, 0.6) is 0 Å². The molecule has 0 heterocycles. The Kier molecular flexibility index (Phi) is 6.56. The fraction of sp³-hybridized carbons (Fsp3) is 0.467. The first kappa shape index (κ1) is 16.0. The number of carboxylic acids is 1. The zero-order valence-corrected chi connectivity index (χ0v) is 12.0. The lowest BCUT2D eigenvalue weighted by atomic mass is 10.1. The maximum absolute atomic E-state index is 11.9. The van der Waals surface area contributed by atoms with Gasteiger partial charge in [0, 0.05) is 20.0 Å². The zero-order chi connectivity index (χ0) is 15.0. The Bertz CT molecular complexity index is 434. The molecule has 1 atom stereocenters. The van der Waals surface area contributed by atoms with Gasteiger partial charge in [0.15, 0.2) is 0 Å². The second-order valence-electron chi connectivity index (χ2n) is 4.81. The van der Waals surface area contributed by atoms with E-state index in [9.17, 15) is 14.7 Å². The van der Waals surface area contributed by atoms with Crippen molar-refractivity contribution in [3.05, 3.63) is 35.9 Å². The van der Waals surface area contributed by atoms with Crippen molar-refractivity contribution >= 4 is 12.0 Å². The van der Waals surface area contributed by atoms with Crippen molar-refractivity contribution < 1.29 is 14.7 Å². The van der Waals surface area contributed by atoms with Crippen molar-refractivity contribution in [1.29, 1.82) is 0 Å². The van der Waals surface area contributed by atoms with Crippen LogP contribution in [0.1, 0.15) is 25.3 Å². The van der Waals surface area contributed by atoms with E-state index in [1.807, 2.05) is 37.3 Å². The van der Waals surface area contributed by atoms with Crippen molar-refractivity contribution in [2.45, 2.75) is 32.2 Å². The van der Waals surface area contributed by atoms with Crippen molar-refractivity contribution in [1.82, 2.24) is 10.2 Å². The van der Waals surface area contributed by atoms with Crippen LogP contribution in [-0.4, -0.2) is 41.6 Å². The highest BCUT2D eigenvalue weighted by atomic mass is 16.4. The first-order valence-electron chi connectivity index (χ1n) is 6.83. The Morgan fingerprint density at radius 2 is 1.95 bits per heavy atom. The Labute approximate surface area is 119 Å². The normalized spacial score (nSPS) is 11.7. The molecule has 0 saturated carbocycles. The number of hydrogen-bond donors (Lipinski definition) is 2. The molecule has 0 saturated heterocycles. The van der Waals surface area contributed by atoms with E-state index < -0.39 is 12.0 Å². The molecule has 1 rings (SSSR count). The number of rotatable bonds is 7. The van der Waals surface area contributed by atoms with Gasteiger partial charge in [-0.2, -0.15) is 0 Å². The number of amides is 2. The topological polar surface area (TPSA) is 69.6 Å². The van der Waals surface area contributed by atoms with Gasteiger partial charge in [-0.25, -0.2) is 9.59 Å². The van der Waals surface area contributed by atoms with Gasteiger partial charge >= 0.3 is 12.0 Å². The molecule has 0 bridgehead atoms. The highest BCUT2D eigenvalue weighted by Crippen LogP contribution is 2.04. The molecule has 0 aliphatic rings. The number of carbonyl (C=O) groups is 2. The molecule has 5 nitrogen and oxygen atoms in total. The summed E-state index contributed by atoms with van der Waals surface area (Å²) < 4.78 is 0. The molecule has 0 aliphatic carbocycles. The minimum absolute atomic E-state index is 0.281. The van der Waals surface area contributed by atoms with Gasteiger partial charge in [0.05, 0.1) is 0 Å². The molecule has 110 valence electrons. The number of hydrogen-bond acceptors (Lipinski definition) is 2. The predicted molar refractivity (Wildman–Crippen MR) is 77.6 cm³/mol. The van der Waals surface area contributed by atoms with Crippen LogP contribution in [0, 0.1) is 0 Å². The fourth-order valence-electron chi connectivity index (χ4n) is 1.81. The Hall–Kier alpha value is -2.04. The molecule has 1 aromatic carbocycles. The molecule has 0 aliphatic heterocycles. The van der Waals surface area contributed by atoms with E-state index >= 15 is 0 Å². The number of unbranched alkanes of at least 4 members (excludes halogenated alkanes) is 1. The fourth-order valence-corrected chi connectivity index (χ4v) is 1.81. The number of aliphatic carboxylic acids is 1. The van der Waals surface area contributed by atoms with E-state index in [0.29, 0.717) is 6.54 Å². The van der Waals surface area contributed by atoms with Crippen LogP contribution in [0.15, 0.2) is 30.3 Å². The molecule has 1 unspecified atom stereocenters. The second-order valence-corrected chi connectivity index (χ2v) is 4.81. The molecular formula is C15H22N2O3. The second kappa shape index (κ2) is 8.19. The first-order valence-corrected chi connectivity index (χ1v) is 6.83. The third-order valence-electron chi connectivity index (χ3n) is 3.07. The number of nitrogens with one attached hydrogen (secondary N) is 1. The number of carbonyl (C=O) groups excluding carboxylic acids is 1. The number of benzene rings is 1. The molecule has 2 N–H and O–H groups in total. The van der Waals surface area contributed by atoms with Gasteiger partial charge in [-0.05, 0) is 12.0 Å². The summed E-state index contributed by atoms with van der Waals surface area (Å²) in [5.41, 5.74) is 0.886. The van der Waals surface area contributed by atoms with E-state index in [1.165, 1.54) is 4.90 Å². The van der Waals surface area contributed by atoms with E-state index in [2.05, 4.69) is 5.32 Å². The lowest BCUT2D eigenvalue weighted by Crippen LogP contribution is -2.47. The average Bonchev–Trinajstić information content (AvgIpc) is 2.44. The molecule has 2 amide bonds. The maximum Gasteiger partial charge on any atom is 0.326 e. The predicted octanol–water partition coefficient (Wildman–Crippen LogP) is 2.12.